The minimum atomic E-state index is -3.00. The van der Waals surface area contributed by atoms with Crippen LogP contribution in [0.2, 0.25) is 0 Å². The van der Waals surface area contributed by atoms with Crippen molar-refractivity contribution in [1.82, 2.24) is 9.47 Å². The summed E-state index contributed by atoms with van der Waals surface area (Å²) in [6.07, 6.45) is 6.46. The van der Waals surface area contributed by atoms with Crippen molar-refractivity contribution < 1.29 is 18.3 Å². The van der Waals surface area contributed by atoms with Crippen molar-refractivity contribution in [3.05, 3.63) is 52.8 Å². The molecule has 182 valence electrons. The number of sulfone groups is 1. The second-order valence-electron chi connectivity index (χ2n) is 9.82. The van der Waals surface area contributed by atoms with Gasteiger partial charge in [0.05, 0.1) is 24.3 Å². The van der Waals surface area contributed by atoms with Gasteiger partial charge < -0.3 is 9.67 Å². The molecule has 0 saturated carbocycles. The Labute approximate surface area is 201 Å². The number of piperidine rings is 1. The van der Waals surface area contributed by atoms with Gasteiger partial charge in [-0.1, -0.05) is 0 Å². The Hall–Kier alpha value is -2.47. The summed E-state index contributed by atoms with van der Waals surface area (Å²) in [6, 6.07) is 11.9. The lowest BCUT2D eigenvalue weighted by atomic mass is 9.99. The first-order chi connectivity index (χ1) is 16.2. The number of unbranched alkanes of at least 4 members (excludes halogenated alkanes) is 1. The van der Waals surface area contributed by atoms with E-state index >= 15 is 0 Å². The molecule has 0 amide bonds. The van der Waals surface area contributed by atoms with E-state index in [1.807, 2.05) is 25.1 Å². The number of hydrogen-bond donors (Lipinski definition) is 1. The van der Waals surface area contributed by atoms with Gasteiger partial charge in [0.15, 0.2) is 5.78 Å². The second kappa shape index (κ2) is 10.0. The molecule has 1 N–H and O–H groups in total. The molecule has 34 heavy (non-hydrogen) atoms. The van der Waals surface area contributed by atoms with E-state index < -0.39 is 9.84 Å². The zero-order valence-corrected chi connectivity index (χ0v) is 20.7. The van der Waals surface area contributed by atoms with E-state index in [0.717, 1.165) is 42.8 Å². The maximum atomic E-state index is 13.5. The molecule has 2 aliphatic rings. The summed E-state index contributed by atoms with van der Waals surface area (Å²) in [6.45, 7) is 2.30. The van der Waals surface area contributed by atoms with Crippen LogP contribution in [0.15, 0.2) is 30.3 Å². The fraction of sp³-hybridized carbons (Fsp3) is 0.538. The summed E-state index contributed by atoms with van der Waals surface area (Å²) < 4.78 is 25.1. The average Bonchev–Trinajstić information content (AvgIpc) is 3.23. The van der Waals surface area contributed by atoms with Crippen LogP contribution in [0, 0.1) is 18.3 Å². The predicted molar refractivity (Wildman–Crippen MR) is 131 cm³/mol. The van der Waals surface area contributed by atoms with Crippen LogP contribution in [-0.4, -0.2) is 65.5 Å². The van der Waals surface area contributed by atoms with Crippen molar-refractivity contribution in [2.45, 2.75) is 70.1 Å². The Morgan fingerprint density at radius 2 is 1.79 bits per heavy atom. The van der Waals surface area contributed by atoms with Gasteiger partial charge in [0.25, 0.3) is 0 Å². The maximum Gasteiger partial charge on any atom is 0.178 e. The lowest BCUT2D eigenvalue weighted by Crippen LogP contribution is -2.46. The van der Waals surface area contributed by atoms with Crippen molar-refractivity contribution in [1.29, 1.82) is 5.26 Å². The highest BCUT2D eigenvalue weighted by Gasteiger charge is 2.41. The number of aromatic nitrogens is 1. The average molecular weight is 484 g/mol. The molecule has 0 aliphatic carbocycles. The Morgan fingerprint density at radius 3 is 2.38 bits per heavy atom. The molecule has 4 rings (SSSR count). The van der Waals surface area contributed by atoms with Gasteiger partial charge in [-0.05, 0) is 82.2 Å². The van der Waals surface area contributed by atoms with E-state index in [4.69, 9.17) is 5.26 Å². The lowest BCUT2D eigenvalue weighted by Gasteiger charge is -2.36. The molecule has 3 heterocycles. The topological polar surface area (TPSA) is 103 Å². The molecule has 2 bridgehead atoms. The number of benzene rings is 1. The standard InChI is InChI=1S/C26H33N3O4S/c1-18-25(26(31)17-28-21-10-11-22(28)14-24(30)13-21)15-23(5-3-4-12-34(2,32)33)29(18)20-8-6-19(16-27)7-9-20/h6-9,15,21-22,24,30H,3-5,10-14,17H2,1-2H3/t21-,22+,24-. The van der Waals surface area contributed by atoms with Crippen LogP contribution < -0.4 is 0 Å². The van der Waals surface area contributed by atoms with E-state index in [-0.39, 0.29) is 29.7 Å². The molecule has 2 aromatic rings. The van der Waals surface area contributed by atoms with Gasteiger partial charge >= 0.3 is 0 Å². The highest BCUT2D eigenvalue weighted by atomic mass is 32.2. The first-order valence-electron chi connectivity index (χ1n) is 12.0. The van der Waals surface area contributed by atoms with Gasteiger partial charge in [-0.15, -0.1) is 0 Å². The fourth-order valence-electron chi connectivity index (χ4n) is 5.61. The summed E-state index contributed by atoms with van der Waals surface area (Å²) in [5.41, 5.74) is 3.97. The van der Waals surface area contributed by atoms with E-state index in [2.05, 4.69) is 15.5 Å². The number of hydrogen-bond acceptors (Lipinski definition) is 6. The zero-order valence-electron chi connectivity index (χ0n) is 19.9. The third kappa shape index (κ3) is 5.43. The summed E-state index contributed by atoms with van der Waals surface area (Å²) in [5.74, 6) is 0.231. The third-order valence-corrected chi connectivity index (χ3v) is 8.29. The number of Topliss-reactive ketones (excluding diaryl/α,β-unsaturated/α-hetero) is 1. The number of aliphatic hydroxyl groups is 1. The number of fused-ring (bicyclic) bond motifs is 2. The largest absolute Gasteiger partial charge is 0.393 e. The molecule has 0 spiro atoms. The number of rotatable bonds is 9. The minimum absolute atomic E-state index is 0.0792. The first-order valence-corrected chi connectivity index (χ1v) is 14.1. The summed E-state index contributed by atoms with van der Waals surface area (Å²) in [7, 11) is -3.00. The van der Waals surface area contributed by atoms with Crippen LogP contribution in [0.3, 0.4) is 0 Å². The van der Waals surface area contributed by atoms with Crippen LogP contribution in [0.4, 0.5) is 0 Å². The molecule has 3 atom stereocenters. The van der Waals surface area contributed by atoms with Crippen molar-refractivity contribution in [3.63, 3.8) is 0 Å². The summed E-state index contributed by atoms with van der Waals surface area (Å²) >= 11 is 0. The van der Waals surface area contributed by atoms with Crippen molar-refractivity contribution in [2.75, 3.05) is 18.6 Å². The summed E-state index contributed by atoms with van der Waals surface area (Å²) in [4.78, 5) is 15.7. The lowest BCUT2D eigenvalue weighted by molar-refractivity contribution is 0.0344. The first kappa shape index (κ1) is 24.6. The molecule has 2 saturated heterocycles. The molecule has 7 nitrogen and oxygen atoms in total. The number of ketones is 1. The van der Waals surface area contributed by atoms with Crippen molar-refractivity contribution in [3.8, 4) is 11.8 Å². The van der Waals surface area contributed by atoms with E-state index in [1.165, 1.54) is 6.26 Å². The SMILES string of the molecule is Cc1c(C(=O)CN2[C@@H]3CC[C@H]2C[C@H](O)C3)cc(CCCCS(C)(=O)=O)n1-c1ccc(C#N)cc1. The molecule has 0 unspecified atom stereocenters. The highest BCUT2D eigenvalue weighted by Crippen LogP contribution is 2.36. The van der Waals surface area contributed by atoms with Gasteiger partial charge in [0.2, 0.25) is 0 Å². The molecule has 2 aliphatic heterocycles. The molecule has 2 fully saturated rings. The van der Waals surface area contributed by atoms with E-state index in [0.29, 0.717) is 36.9 Å². The fourth-order valence-corrected chi connectivity index (χ4v) is 6.34. The number of aryl methyl sites for hydroxylation is 1. The molecule has 0 radical (unpaired) electrons. The van der Waals surface area contributed by atoms with Gasteiger partial charge in [-0.25, -0.2) is 8.42 Å². The van der Waals surface area contributed by atoms with Crippen LogP contribution in [0.5, 0.6) is 0 Å². The third-order valence-electron chi connectivity index (χ3n) is 7.26. The van der Waals surface area contributed by atoms with Gasteiger partial charge in [-0.2, -0.15) is 5.26 Å². The smallest absolute Gasteiger partial charge is 0.178 e. The quantitative estimate of drug-likeness (QED) is 0.434. The Bertz CT molecular complexity index is 1180. The highest BCUT2D eigenvalue weighted by molar-refractivity contribution is 7.90. The number of carbonyl (C=O) groups is 1. The number of nitriles is 1. The number of aliphatic hydroxyl groups excluding tert-OH is 1. The molecule has 8 heteroatoms. The van der Waals surface area contributed by atoms with Crippen LogP contribution in [0.1, 0.15) is 65.8 Å². The van der Waals surface area contributed by atoms with E-state index in [1.54, 1.807) is 12.1 Å². The molecular formula is C26H33N3O4S. The van der Waals surface area contributed by atoms with Crippen LogP contribution >= 0.6 is 0 Å². The molecular weight excluding hydrogens is 450 g/mol. The van der Waals surface area contributed by atoms with Crippen LogP contribution in [-0.2, 0) is 16.3 Å². The Kier molecular flexibility index (Phi) is 7.27. The monoisotopic (exact) mass is 483 g/mol. The number of nitrogens with zero attached hydrogens (tertiary/aromatic N) is 3. The predicted octanol–water partition coefficient (Wildman–Crippen LogP) is 3.20. The van der Waals surface area contributed by atoms with Crippen LogP contribution in [0.25, 0.3) is 5.69 Å². The van der Waals surface area contributed by atoms with Gasteiger partial charge in [0.1, 0.15) is 9.84 Å². The summed E-state index contributed by atoms with van der Waals surface area (Å²) in [5, 5.41) is 19.2. The Balaban J connectivity index is 1.58. The maximum absolute atomic E-state index is 13.5. The molecule has 1 aromatic heterocycles. The van der Waals surface area contributed by atoms with Crippen molar-refractivity contribution in [2.24, 2.45) is 0 Å². The number of carbonyl (C=O) groups excluding carboxylic acids is 1. The molecule has 1 aromatic carbocycles. The zero-order chi connectivity index (χ0) is 24.5. The van der Waals surface area contributed by atoms with Gasteiger partial charge in [-0.3, -0.25) is 9.69 Å². The van der Waals surface area contributed by atoms with E-state index in [9.17, 15) is 18.3 Å². The van der Waals surface area contributed by atoms with Crippen molar-refractivity contribution >= 4 is 15.6 Å². The van der Waals surface area contributed by atoms with Gasteiger partial charge in [0, 0.05) is 46.7 Å². The second-order valence-corrected chi connectivity index (χ2v) is 12.1. The Morgan fingerprint density at radius 1 is 1.15 bits per heavy atom. The normalized spacial score (nSPS) is 22.6. The minimum Gasteiger partial charge on any atom is -0.393 e.